The summed E-state index contributed by atoms with van der Waals surface area (Å²) in [5.74, 6) is 0. The van der Waals surface area contributed by atoms with Crippen LogP contribution in [0.2, 0.25) is 0 Å². The second-order valence-electron chi connectivity index (χ2n) is 9.99. The molecule has 0 saturated heterocycles. The Kier molecular flexibility index (Phi) is 26.2. The first kappa shape index (κ1) is 32.4. The Morgan fingerprint density at radius 2 is 0.844 bits per heavy atom. The molecule has 0 spiro atoms. The molecule has 0 radical (unpaired) electrons. The van der Waals surface area contributed by atoms with Crippen LogP contribution in [0.4, 0.5) is 0 Å². The molecule has 0 aliphatic rings. The van der Waals surface area contributed by atoms with Gasteiger partial charge in [-0.05, 0) is 25.4 Å². The van der Waals surface area contributed by atoms with E-state index in [4.69, 9.17) is 9.47 Å². The third-order valence-corrected chi connectivity index (χ3v) is 7.09. The summed E-state index contributed by atoms with van der Waals surface area (Å²) in [6.07, 6.45) is 29.5. The maximum absolute atomic E-state index is 6.73. The van der Waals surface area contributed by atoms with Crippen LogP contribution in [-0.2, 0) is 9.47 Å². The molecule has 0 saturated carbocycles. The highest BCUT2D eigenvalue weighted by Gasteiger charge is 2.29. The van der Waals surface area contributed by atoms with Gasteiger partial charge in [0, 0.05) is 0 Å². The lowest BCUT2D eigenvalue weighted by Crippen LogP contribution is -2.34. The van der Waals surface area contributed by atoms with Crippen molar-refractivity contribution in [3.05, 3.63) is 0 Å². The summed E-state index contributed by atoms with van der Waals surface area (Å²) in [5.41, 5.74) is 0.102. The van der Waals surface area contributed by atoms with Gasteiger partial charge >= 0.3 is 0 Å². The molecule has 0 amide bonds. The zero-order chi connectivity index (χ0) is 23.6. The fourth-order valence-electron chi connectivity index (χ4n) is 4.78. The van der Waals surface area contributed by atoms with Crippen molar-refractivity contribution in [1.82, 2.24) is 0 Å². The van der Waals surface area contributed by atoms with Crippen LogP contribution in [0.15, 0.2) is 0 Å². The smallest absolute Gasteiger partial charge is 0.0708 e. The second-order valence-corrected chi connectivity index (χ2v) is 10.6. The minimum atomic E-state index is 0.102. The van der Waals surface area contributed by atoms with Gasteiger partial charge in [0.2, 0.25) is 0 Å². The van der Waals surface area contributed by atoms with Crippen molar-refractivity contribution in [2.75, 3.05) is 26.0 Å². The van der Waals surface area contributed by atoms with Crippen molar-refractivity contribution in [2.45, 2.75) is 161 Å². The average molecular weight is 473 g/mol. The molecule has 0 aromatic carbocycles. The fraction of sp³-hybridized carbons (Fsp3) is 1.00. The third kappa shape index (κ3) is 20.9. The monoisotopic (exact) mass is 472 g/mol. The van der Waals surface area contributed by atoms with E-state index in [1.807, 2.05) is 0 Å². The van der Waals surface area contributed by atoms with Gasteiger partial charge in [-0.1, -0.05) is 136 Å². The Bertz CT molecular complexity index is 307. The SMILES string of the molecule is CCCCCCCCC(CCCCCCCC)(CCCCCCCC)OCCOCCP. The molecule has 0 fully saturated rings. The fourth-order valence-corrected chi connectivity index (χ4v) is 4.94. The molecular weight excluding hydrogens is 411 g/mol. The van der Waals surface area contributed by atoms with E-state index < -0.39 is 0 Å². The van der Waals surface area contributed by atoms with Crippen LogP contribution in [-0.4, -0.2) is 31.6 Å². The molecule has 0 aliphatic heterocycles. The lowest BCUT2D eigenvalue weighted by atomic mass is 9.84. The second kappa shape index (κ2) is 26.0. The first-order valence-corrected chi connectivity index (χ1v) is 15.5. The highest BCUT2D eigenvalue weighted by Crippen LogP contribution is 2.33. The zero-order valence-corrected chi connectivity index (χ0v) is 23.7. The van der Waals surface area contributed by atoms with Crippen LogP contribution in [0.1, 0.15) is 156 Å². The summed E-state index contributed by atoms with van der Waals surface area (Å²) < 4.78 is 12.5. The molecule has 0 rings (SSSR count). The summed E-state index contributed by atoms with van der Waals surface area (Å²) in [7, 11) is 2.75. The van der Waals surface area contributed by atoms with E-state index in [0.717, 1.165) is 26.0 Å². The van der Waals surface area contributed by atoms with E-state index in [1.54, 1.807) is 0 Å². The number of ether oxygens (including phenoxy) is 2. The van der Waals surface area contributed by atoms with E-state index in [1.165, 1.54) is 135 Å². The van der Waals surface area contributed by atoms with Crippen molar-refractivity contribution in [3.63, 3.8) is 0 Å². The molecule has 0 aromatic rings. The summed E-state index contributed by atoms with van der Waals surface area (Å²) in [6, 6.07) is 0. The Morgan fingerprint density at radius 3 is 1.22 bits per heavy atom. The molecule has 32 heavy (non-hydrogen) atoms. The maximum atomic E-state index is 6.73. The lowest BCUT2D eigenvalue weighted by molar-refractivity contribution is -0.0852. The number of hydrogen-bond acceptors (Lipinski definition) is 2. The summed E-state index contributed by atoms with van der Waals surface area (Å²) >= 11 is 0. The van der Waals surface area contributed by atoms with Crippen LogP contribution < -0.4 is 0 Å². The lowest BCUT2D eigenvalue weighted by Gasteiger charge is -2.35. The van der Waals surface area contributed by atoms with Gasteiger partial charge in [0.1, 0.15) is 0 Å². The third-order valence-electron chi connectivity index (χ3n) is 6.86. The first-order valence-electron chi connectivity index (χ1n) is 14.7. The highest BCUT2D eigenvalue weighted by molar-refractivity contribution is 7.16. The van der Waals surface area contributed by atoms with Crippen LogP contribution in [0.5, 0.6) is 0 Å². The van der Waals surface area contributed by atoms with Crippen molar-refractivity contribution in [2.24, 2.45) is 0 Å². The van der Waals surface area contributed by atoms with Gasteiger partial charge < -0.3 is 9.47 Å². The van der Waals surface area contributed by atoms with Crippen molar-refractivity contribution in [3.8, 4) is 0 Å². The van der Waals surface area contributed by atoms with Crippen molar-refractivity contribution < 1.29 is 9.47 Å². The van der Waals surface area contributed by atoms with Gasteiger partial charge in [-0.25, -0.2) is 0 Å². The molecule has 0 N–H and O–H groups in total. The van der Waals surface area contributed by atoms with Crippen LogP contribution in [0.3, 0.4) is 0 Å². The number of rotatable bonds is 27. The van der Waals surface area contributed by atoms with Gasteiger partial charge in [-0.15, -0.1) is 9.24 Å². The van der Waals surface area contributed by atoms with Gasteiger partial charge in [0.05, 0.1) is 25.4 Å². The molecule has 194 valence electrons. The number of hydrogen-bond donors (Lipinski definition) is 0. The first-order chi connectivity index (χ1) is 15.7. The molecule has 1 atom stereocenters. The minimum Gasteiger partial charge on any atom is -0.379 e. The molecule has 1 unspecified atom stereocenters. The van der Waals surface area contributed by atoms with Gasteiger partial charge in [0.15, 0.2) is 0 Å². The topological polar surface area (TPSA) is 18.5 Å². The predicted molar refractivity (Wildman–Crippen MR) is 148 cm³/mol. The summed E-state index contributed by atoms with van der Waals surface area (Å²) in [5, 5.41) is 0. The van der Waals surface area contributed by atoms with E-state index >= 15 is 0 Å². The van der Waals surface area contributed by atoms with Crippen LogP contribution in [0.25, 0.3) is 0 Å². The standard InChI is InChI=1S/C29H61O2P/c1-4-7-10-13-16-19-22-29(31-26-25-30-27-28-32,23-20-17-14-11-8-5-2)24-21-18-15-12-9-6-3/h4-28,32H2,1-3H3. The van der Waals surface area contributed by atoms with Crippen LogP contribution >= 0.6 is 9.24 Å². The van der Waals surface area contributed by atoms with E-state index in [-0.39, 0.29) is 5.60 Å². The number of unbranched alkanes of at least 4 members (excludes halogenated alkanes) is 15. The van der Waals surface area contributed by atoms with E-state index in [9.17, 15) is 0 Å². The largest absolute Gasteiger partial charge is 0.379 e. The van der Waals surface area contributed by atoms with Crippen LogP contribution in [0, 0.1) is 0 Å². The highest BCUT2D eigenvalue weighted by atomic mass is 31.0. The van der Waals surface area contributed by atoms with Crippen molar-refractivity contribution >= 4 is 9.24 Å². The molecule has 3 heteroatoms. The summed E-state index contributed by atoms with van der Waals surface area (Å²) in [4.78, 5) is 0. The predicted octanol–water partition coefficient (Wildman–Crippen LogP) is 9.89. The average Bonchev–Trinajstić information content (AvgIpc) is 2.80. The molecular formula is C29H61O2P. The Labute approximate surface area is 206 Å². The molecule has 0 aromatic heterocycles. The van der Waals surface area contributed by atoms with Gasteiger partial charge in [0.25, 0.3) is 0 Å². The Hall–Kier alpha value is 0.350. The van der Waals surface area contributed by atoms with Crippen molar-refractivity contribution in [1.29, 1.82) is 0 Å². The Morgan fingerprint density at radius 1 is 0.469 bits per heavy atom. The van der Waals surface area contributed by atoms with Gasteiger partial charge in [-0.2, -0.15) is 0 Å². The van der Waals surface area contributed by atoms with Gasteiger partial charge in [-0.3, -0.25) is 0 Å². The summed E-state index contributed by atoms with van der Waals surface area (Å²) in [6.45, 7) is 9.26. The molecule has 2 nitrogen and oxygen atoms in total. The molecule has 0 heterocycles. The zero-order valence-electron chi connectivity index (χ0n) is 22.6. The molecule has 0 bridgehead atoms. The van der Waals surface area contributed by atoms with E-state index in [0.29, 0.717) is 0 Å². The quantitative estimate of drug-likeness (QED) is 0.0874. The minimum absolute atomic E-state index is 0.102. The Balaban J connectivity index is 4.72. The molecule has 0 aliphatic carbocycles. The maximum Gasteiger partial charge on any atom is 0.0708 e. The normalized spacial score (nSPS) is 12.0. The van der Waals surface area contributed by atoms with E-state index in [2.05, 4.69) is 30.0 Å².